The number of hydrogen-bond donors (Lipinski definition) is 1. The van der Waals surface area contributed by atoms with E-state index in [0.717, 1.165) is 0 Å². The van der Waals surface area contributed by atoms with Crippen LogP contribution in [0.5, 0.6) is 5.75 Å². The van der Waals surface area contributed by atoms with Crippen molar-refractivity contribution in [3.63, 3.8) is 0 Å². The van der Waals surface area contributed by atoms with E-state index in [1.165, 1.54) is 7.11 Å². The second-order valence-electron chi connectivity index (χ2n) is 3.85. The van der Waals surface area contributed by atoms with E-state index in [-0.39, 0.29) is 18.1 Å². The summed E-state index contributed by atoms with van der Waals surface area (Å²) in [5.74, 6) is 0.845. The van der Waals surface area contributed by atoms with Crippen molar-refractivity contribution in [2.24, 2.45) is 0 Å². The van der Waals surface area contributed by atoms with E-state index >= 15 is 0 Å². The van der Waals surface area contributed by atoms with Gasteiger partial charge >= 0.3 is 0 Å². The van der Waals surface area contributed by atoms with Crippen LogP contribution in [-0.4, -0.2) is 34.9 Å². The van der Waals surface area contributed by atoms with Gasteiger partial charge in [-0.05, 0) is 12.1 Å². The number of aromatic nitrogens is 2. The number of methoxy groups -OCH3 is 1. The highest BCUT2D eigenvalue weighted by atomic mass is 19.3. The van der Waals surface area contributed by atoms with Gasteiger partial charge in [0.05, 0.1) is 13.5 Å². The molecule has 0 saturated heterocycles. The Morgan fingerprint density at radius 1 is 1.42 bits per heavy atom. The smallest absolute Gasteiger partial charge is 0.264 e. The Morgan fingerprint density at radius 2 is 2.21 bits per heavy atom. The summed E-state index contributed by atoms with van der Waals surface area (Å²) in [6.45, 7) is 0. The van der Waals surface area contributed by atoms with Crippen molar-refractivity contribution >= 4 is 0 Å². The molecule has 1 aromatic heterocycles. The summed E-state index contributed by atoms with van der Waals surface area (Å²) in [6.07, 6.45) is -5.03. The summed E-state index contributed by atoms with van der Waals surface area (Å²) in [5, 5.41) is 12.7. The van der Waals surface area contributed by atoms with E-state index in [0.29, 0.717) is 11.3 Å². The Kier molecular flexibility index (Phi) is 4.06. The molecule has 0 aliphatic heterocycles. The molecule has 1 aromatic carbocycles. The minimum Gasteiger partial charge on any atom is -0.497 e. The third kappa shape index (κ3) is 3.25. The largest absolute Gasteiger partial charge is 0.497 e. The molecule has 1 heterocycles. The summed E-state index contributed by atoms with van der Waals surface area (Å²) in [6, 6.07) is 6.93. The van der Waals surface area contributed by atoms with Gasteiger partial charge in [-0.25, -0.2) is 8.78 Å². The van der Waals surface area contributed by atoms with Gasteiger partial charge < -0.3 is 14.4 Å². The molecular weight excluding hydrogens is 258 g/mol. The molecule has 19 heavy (non-hydrogen) atoms. The number of ether oxygens (including phenoxy) is 1. The van der Waals surface area contributed by atoms with Gasteiger partial charge in [0.2, 0.25) is 11.7 Å². The normalized spacial score (nSPS) is 12.7. The summed E-state index contributed by atoms with van der Waals surface area (Å²) < 4.78 is 34.2. The van der Waals surface area contributed by atoms with Crippen molar-refractivity contribution in [2.45, 2.75) is 19.0 Å². The van der Waals surface area contributed by atoms with Crippen LogP contribution >= 0.6 is 0 Å². The maximum absolute atomic E-state index is 12.2. The van der Waals surface area contributed by atoms with Gasteiger partial charge in [0.25, 0.3) is 6.43 Å². The number of aliphatic hydroxyl groups excluding tert-OH is 1. The van der Waals surface area contributed by atoms with E-state index in [9.17, 15) is 8.78 Å². The number of rotatable bonds is 5. The predicted octanol–water partition coefficient (Wildman–Crippen LogP) is 1.91. The zero-order valence-electron chi connectivity index (χ0n) is 10.1. The first-order valence-electron chi connectivity index (χ1n) is 5.53. The van der Waals surface area contributed by atoms with Crippen LogP contribution < -0.4 is 4.74 Å². The molecule has 0 radical (unpaired) electrons. The molecular formula is C12H12F2N2O3. The van der Waals surface area contributed by atoms with Gasteiger partial charge in [0.1, 0.15) is 11.9 Å². The van der Waals surface area contributed by atoms with E-state index in [1.807, 2.05) is 0 Å². The first-order chi connectivity index (χ1) is 9.10. The highest BCUT2D eigenvalue weighted by Crippen LogP contribution is 2.21. The summed E-state index contributed by atoms with van der Waals surface area (Å²) in [4.78, 5) is 3.95. The van der Waals surface area contributed by atoms with Crippen LogP contribution in [-0.2, 0) is 6.42 Å². The first kappa shape index (κ1) is 13.4. The molecule has 1 N–H and O–H groups in total. The number of aliphatic hydroxyl groups is 1. The molecule has 7 heteroatoms. The molecule has 0 amide bonds. The molecule has 1 atom stereocenters. The lowest BCUT2D eigenvalue weighted by Gasteiger charge is -2.04. The van der Waals surface area contributed by atoms with Crippen LogP contribution in [0.3, 0.4) is 0 Å². The third-order valence-electron chi connectivity index (χ3n) is 2.47. The third-order valence-corrected chi connectivity index (χ3v) is 2.47. The van der Waals surface area contributed by atoms with Gasteiger partial charge in [-0.1, -0.05) is 17.3 Å². The standard InChI is InChI=1S/C12H12F2N2O3/c1-18-8-4-2-3-7(5-8)12-15-10(19-16-12)6-9(17)11(13)14/h2-5,9,11,17H,6H2,1H3. The van der Waals surface area contributed by atoms with Crippen LogP contribution in [0.1, 0.15) is 5.89 Å². The topological polar surface area (TPSA) is 68.4 Å². The van der Waals surface area contributed by atoms with Crippen molar-refractivity contribution in [1.29, 1.82) is 0 Å². The van der Waals surface area contributed by atoms with Crippen LogP contribution in [0.25, 0.3) is 11.4 Å². The fourth-order valence-corrected chi connectivity index (χ4v) is 1.49. The van der Waals surface area contributed by atoms with E-state index < -0.39 is 12.5 Å². The molecule has 1 unspecified atom stereocenters. The van der Waals surface area contributed by atoms with Crippen molar-refractivity contribution in [3.05, 3.63) is 30.2 Å². The number of nitrogens with zero attached hydrogens (tertiary/aromatic N) is 2. The van der Waals surface area contributed by atoms with Gasteiger partial charge in [-0.2, -0.15) is 4.98 Å². The monoisotopic (exact) mass is 270 g/mol. The lowest BCUT2D eigenvalue weighted by molar-refractivity contribution is -0.00754. The van der Waals surface area contributed by atoms with Crippen LogP contribution in [0.4, 0.5) is 8.78 Å². The second kappa shape index (κ2) is 5.75. The average Bonchev–Trinajstić information content (AvgIpc) is 2.87. The SMILES string of the molecule is COc1cccc(-c2noc(CC(O)C(F)F)n2)c1. The molecule has 2 aromatic rings. The van der Waals surface area contributed by atoms with Gasteiger partial charge in [-0.15, -0.1) is 0 Å². The van der Waals surface area contributed by atoms with E-state index in [2.05, 4.69) is 10.1 Å². The van der Waals surface area contributed by atoms with Gasteiger partial charge in [0.15, 0.2) is 0 Å². The second-order valence-corrected chi connectivity index (χ2v) is 3.85. The minimum atomic E-state index is -2.84. The van der Waals surface area contributed by atoms with Crippen molar-refractivity contribution < 1.29 is 23.1 Å². The zero-order valence-corrected chi connectivity index (χ0v) is 10.1. The Balaban J connectivity index is 2.16. The minimum absolute atomic E-state index is 0.0365. The highest BCUT2D eigenvalue weighted by molar-refractivity contribution is 5.56. The van der Waals surface area contributed by atoms with Crippen molar-refractivity contribution in [3.8, 4) is 17.1 Å². The molecule has 0 bridgehead atoms. The molecule has 2 rings (SSSR count). The molecule has 0 aliphatic carbocycles. The molecule has 102 valence electrons. The number of alkyl halides is 2. The highest BCUT2D eigenvalue weighted by Gasteiger charge is 2.21. The number of benzene rings is 1. The maximum atomic E-state index is 12.2. The van der Waals surface area contributed by atoms with Crippen LogP contribution in [0, 0.1) is 0 Å². The number of hydrogen-bond acceptors (Lipinski definition) is 5. The average molecular weight is 270 g/mol. The fourth-order valence-electron chi connectivity index (χ4n) is 1.49. The Labute approximate surface area is 107 Å². The van der Waals surface area contributed by atoms with Crippen LogP contribution in [0.2, 0.25) is 0 Å². The Bertz CT molecular complexity index is 545. The Morgan fingerprint density at radius 3 is 2.89 bits per heavy atom. The quantitative estimate of drug-likeness (QED) is 0.898. The fraction of sp³-hybridized carbons (Fsp3) is 0.333. The van der Waals surface area contributed by atoms with Crippen molar-refractivity contribution in [1.82, 2.24) is 10.1 Å². The van der Waals surface area contributed by atoms with E-state index in [1.54, 1.807) is 24.3 Å². The molecule has 0 fully saturated rings. The van der Waals surface area contributed by atoms with Crippen molar-refractivity contribution in [2.75, 3.05) is 7.11 Å². The first-order valence-corrected chi connectivity index (χ1v) is 5.53. The van der Waals surface area contributed by atoms with E-state index in [4.69, 9.17) is 14.4 Å². The van der Waals surface area contributed by atoms with Gasteiger partial charge in [0, 0.05) is 5.56 Å². The number of halogens is 2. The summed E-state index contributed by atoms with van der Waals surface area (Å²) >= 11 is 0. The zero-order chi connectivity index (χ0) is 13.8. The lowest BCUT2D eigenvalue weighted by Crippen LogP contribution is -2.20. The molecule has 0 saturated carbocycles. The molecule has 0 spiro atoms. The molecule has 0 aliphatic rings. The summed E-state index contributed by atoms with van der Waals surface area (Å²) in [7, 11) is 1.53. The Hall–Kier alpha value is -2.02. The van der Waals surface area contributed by atoms with Crippen LogP contribution in [0.15, 0.2) is 28.8 Å². The predicted molar refractivity (Wildman–Crippen MR) is 62.0 cm³/mol. The maximum Gasteiger partial charge on any atom is 0.264 e. The summed E-state index contributed by atoms with van der Waals surface area (Å²) in [5.41, 5.74) is 0.640. The van der Waals surface area contributed by atoms with Gasteiger partial charge in [-0.3, -0.25) is 0 Å². The lowest BCUT2D eigenvalue weighted by atomic mass is 10.2. The molecule has 5 nitrogen and oxygen atoms in total.